The van der Waals surface area contributed by atoms with E-state index >= 15 is 0 Å². The minimum atomic E-state index is 0.355. The Morgan fingerprint density at radius 3 is 3.00 bits per heavy atom. The number of nitrogens with zero attached hydrogens (tertiary/aromatic N) is 3. The Kier molecular flexibility index (Phi) is 2.08. The van der Waals surface area contributed by atoms with Gasteiger partial charge in [-0.05, 0) is 25.7 Å². The molecule has 2 unspecified atom stereocenters. The molecule has 0 saturated heterocycles. The Bertz CT molecular complexity index is 231. The highest BCUT2D eigenvalue weighted by atomic mass is 15.4. The highest BCUT2D eigenvalue weighted by Gasteiger charge is 2.20. The van der Waals surface area contributed by atoms with Crippen molar-refractivity contribution in [2.75, 3.05) is 0 Å². The second-order valence-electron chi connectivity index (χ2n) is 3.46. The van der Waals surface area contributed by atoms with Crippen molar-refractivity contribution in [3.63, 3.8) is 0 Å². The maximum atomic E-state index is 5.87. The monoisotopic (exact) mass is 166 g/mol. The first-order chi connectivity index (χ1) is 5.86. The van der Waals surface area contributed by atoms with E-state index in [9.17, 15) is 0 Å². The van der Waals surface area contributed by atoms with Crippen LogP contribution in [0.5, 0.6) is 0 Å². The van der Waals surface area contributed by atoms with Gasteiger partial charge in [-0.3, -0.25) is 0 Å². The fourth-order valence-electron chi connectivity index (χ4n) is 1.85. The summed E-state index contributed by atoms with van der Waals surface area (Å²) in [5, 5.41) is 7.78. The van der Waals surface area contributed by atoms with E-state index in [1.807, 2.05) is 10.9 Å². The SMILES string of the molecule is NC1CCCC(n2ccnn2)C1. The van der Waals surface area contributed by atoms with E-state index in [0.29, 0.717) is 12.1 Å². The molecule has 1 aliphatic rings. The summed E-state index contributed by atoms with van der Waals surface area (Å²) in [6.45, 7) is 0. The molecule has 0 aliphatic heterocycles. The molecule has 1 aromatic heterocycles. The van der Waals surface area contributed by atoms with E-state index < -0.39 is 0 Å². The molecule has 66 valence electrons. The molecule has 0 radical (unpaired) electrons. The fraction of sp³-hybridized carbons (Fsp3) is 0.750. The van der Waals surface area contributed by atoms with Gasteiger partial charge in [0, 0.05) is 12.2 Å². The van der Waals surface area contributed by atoms with Crippen LogP contribution < -0.4 is 5.73 Å². The quantitative estimate of drug-likeness (QED) is 0.668. The maximum Gasteiger partial charge on any atom is 0.0693 e. The topological polar surface area (TPSA) is 56.7 Å². The lowest BCUT2D eigenvalue weighted by molar-refractivity contribution is 0.296. The van der Waals surface area contributed by atoms with Crippen LogP contribution >= 0.6 is 0 Å². The number of rotatable bonds is 1. The van der Waals surface area contributed by atoms with Crippen LogP contribution in [0, 0.1) is 0 Å². The molecule has 2 rings (SSSR count). The third-order valence-corrected chi connectivity index (χ3v) is 2.50. The van der Waals surface area contributed by atoms with Crippen molar-refractivity contribution in [1.82, 2.24) is 15.0 Å². The van der Waals surface area contributed by atoms with Crippen molar-refractivity contribution in [2.24, 2.45) is 5.73 Å². The van der Waals surface area contributed by atoms with Gasteiger partial charge in [0.15, 0.2) is 0 Å². The highest BCUT2D eigenvalue weighted by molar-refractivity contribution is 4.80. The summed E-state index contributed by atoms with van der Waals surface area (Å²) < 4.78 is 1.93. The molecule has 0 bridgehead atoms. The zero-order chi connectivity index (χ0) is 8.39. The Labute approximate surface area is 71.8 Å². The van der Waals surface area contributed by atoms with E-state index in [1.165, 1.54) is 12.8 Å². The second kappa shape index (κ2) is 3.23. The number of hydrogen-bond donors (Lipinski definition) is 1. The van der Waals surface area contributed by atoms with Crippen LogP contribution in [-0.4, -0.2) is 21.0 Å². The van der Waals surface area contributed by atoms with Crippen LogP contribution in [0.3, 0.4) is 0 Å². The van der Waals surface area contributed by atoms with Crippen LogP contribution in [0.25, 0.3) is 0 Å². The van der Waals surface area contributed by atoms with Gasteiger partial charge in [0.1, 0.15) is 0 Å². The summed E-state index contributed by atoms with van der Waals surface area (Å²) in [4.78, 5) is 0. The average molecular weight is 166 g/mol. The van der Waals surface area contributed by atoms with Crippen molar-refractivity contribution in [2.45, 2.75) is 37.8 Å². The summed E-state index contributed by atoms with van der Waals surface area (Å²) in [5.74, 6) is 0. The number of hydrogen-bond acceptors (Lipinski definition) is 3. The Balaban J connectivity index is 2.04. The second-order valence-corrected chi connectivity index (χ2v) is 3.46. The van der Waals surface area contributed by atoms with E-state index in [0.717, 1.165) is 12.8 Å². The first-order valence-corrected chi connectivity index (χ1v) is 4.47. The van der Waals surface area contributed by atoms with Crippen molar-refractivity contribution in [3.8, 4) is 0 Å². The smallest absolute Gasteiger partial charge is 0.0693 e. The normalized spacial score (nSPS) is 30.4. The van der Waals surface area contributed by atoms with Crippen molar-refractivity contribution < 1.29 is 0 Å². The van der Waals surface area contributed by atoms with Crippen molar-refractivity contribution >= 4 is 0 Å². The maximum absolute atomic E-state index is 5.87. The Hall–Kier alpha value is -0.900. The number of aromatic nitrogens is 3. The summed E-state index contributed by atoms with van der Waals surface area (Å²) in [5.41, 5.74) is 5.87. The standard InChI is InChI=1S/C8H14N4/c9-7-2-1-3-8(6-7)12-5-4-10-11-12/h4-5,7-8H,1-3,6,9H2. The third kappa shape index (κ3) is 1.48. The zero-order valence-corrected chi connectivity index (χ0v) is 7.06. The Morgan fingerprint density at radius 1 is 1.42 bits per heavy atom. The average Bonchev–Trinajstić information content (AvgIpc) is 2.56. The van der Waals surface area contributed by atoms with Gasteiger partial charge in [0.05, 0.1) is 12.2 Å². The molecule has 0 amide bonds. The third-order valence-electron chi connectivity index (χ3n) is 2.50. The van der Waals surface area contributed by atoms with Crippen LogP contribution in [-0.2, 0) is 0 Å². The first kappa shape index (κ1) is 7.73. The van der Waals surface area contributed by atoms with Gasteiger partial charge < -0.3 is 5.73 Å². The zero-order valence-electron chi connectivity index (χ0n) is 7.06. The minimum absolute atomic E-state index is 0.355. The molecule has 1 heterocycles. The molecule has 12 heavy (non-hydrogen) atoms. The first-order valence-electron chi connectivity index (χ1n) is 4.47. The molecule has 1 fully saturated rings. The van der Waals surface area contributed by atoms with Crippen molar-refractivity contribution in [1.29, 1.82) is 0 Å². The van der Waals surface area contributed by atoms with Crippen LogP contribution in [0.1, 0.15) is 31.7 Å². The molecule has 4 heteroatoms. The predicted octanol–water partition coefficient (Wildman–Crippen LogP) is 0.720. The Morgan fingerprint density at radius 2 is 2.33 bits per heavy atom. The molecule has 0 spiro atoms. The molecule has 4 nitrogen and oxygen atoms in total. The summed E-state index contributed by atoms with van der Waals surface area (Å²) in [6, 6.07) is 0.837. The lowest BCUT2D eigenvalue weighted by Crippen LogP contribution is -2.29. The minimum Gasteiger partial charge on any atom is -0.328 e. The van der Waals surface area contributed by atoms with Gasteiger partial charge in [-0.2, -0.15) is 0 Å². The predicted molar refractivity (Wildman–Crippen MR) is 45.5 cm³/mol. The van der Waals surface area contributed by atoms with Crippen LogP contribution in [0.4, 0.5) is 0 Å². The fourth-order valence-corrected chi connectivity index (χ4v) is 1.85. The molecule has 2 N–H and O–H groups in total. The molecular weight excluding hydrogens is 152 g/mol. The van der Waals surface area contributed by atoms with Gasteiger partial charge >= 0.3 is 0 Å². The molecule has 1 aromatic rings. The van der Waals surface area contributed by atoms with Crippen molar-refractivity contribution in [3.05, 3.63) is 12.4 Å². The van der Waals surface area contributed by atoms with Gasteiger partial charge in [-0.1, -0.05) is 5.21 Å². The van der Waals surface area contributed by atoms with E-state index in [2.05, 4.69) is 10.3 Å². The van der Waals surface area contributed by atoms with Crippen LogP contribution in [0.2, 0.25) is 0 Å². The van der Waals surface area contributed by atoms with Gasteiger partial charge in [-0.15, -0.1) is 5.10 Å². The number of nitrogens with two attached hydrogens (primary N) is 1. The molecule has 1 aliphatic carbocycles. The lowest BCUT2D eigenvalue weighted by Gasteiger charge is -2.26. The summed E-state index contributed by atoms with van der Waals surface area (Å²) >= 11 is 0. The largest absolute Gasteiger partial charge is 0.328 e. The van der Waals surface area contributed by atoms with Gasteiger partial charge in [0.25, 0.3) is 0 Å². The molecule has 1 saturated carbocycles. The molecular formula is C8H14N4. The van der Waals surface area contributed by atoms with Gasteiger partial charge in [0.2, 0.25) is 0 Å². The lowest BCUT2D eigenvalue weighted by atomic mass is 9.92. The van der Waals surface area contributed by atoms with E-state index in [1.54, 1.807) is 6.20 Å². The van der Waals surface area contributed by atoms with Gasteiger partial charge in [-0.25, -0.2) is 4.68 Å². The van der Waals surface area contributed by atoms with E-state index in [4.69, 9.17) is 5.73 Å². The summed E-state index contributed by atoms with van der Waals surface area (Å²) in [7, 11) is 0. The molecule has 2 atom stereocenters. The van der Waals surface area contributed by atoms with Crippen LogP contribution in [0.15, 0.2) is 12.4 Å². The highest BCUT2D eigenvalue weighted by Crippen LogP contribution is 2.26. The molecule has 0 aromatic carbocycles. The summed E-state index contributed by atoms with van der Waals surface area (Å²) in [6.07, 6.45) is 8.25. The van der Waals surface area contributed by atoms with E-state index in [-0.39, 0.29) is 0 Å².